The molecule has 2 heterocycles. The molecule has 2 aromatic carbocycles. The van der Waals surface area contributed by atoms with Crippen molar-refractivity contribution in [2.24, 2.45) is 0 Å². The summed E-state index contributed by atoms with van der Waals surface area (Å²) in [7, 11) is 0. The summed E-state index contributed by atoms with van der Waals surface area (Å²) in [4.78, 5) is 24.9. The minimum absolute atomic E-state index is 0.257. The lowest BCUT2D eigenvalue weighted by Gasteiger charge is -2.09. The van der Waals surface area contributed by atoms with Crippen LogP contribution in [0.4, 0.5) is 16.4 Å². The van der Waals surface area contributed by atoms with Crippen molar-refractivity contribution in [3.05, 3.63) is 90.4 Å². The van der Waals surface area contributed by atoms with E-state index in [1.54, 1.807) is 12.4 Å². The third-order valence-corrected chi connectivity index (χ3v) is 4.32. The lowest BCUT2D eigenvalue weighted by molar-refractivity contribution is 0.251. The summed E-state index contributed by atoms with van der Waals surface area (Å²) in [5, 5.41) is 9.72. The van der Waals surface area contributed by atoms with Gasteiger partial charge in [-0.2, -0.15) is 0 Å². The predicted molar refractivity (Wildman–Crippen MR) is 113 cm³/mol. The second-order valence-electron chi connectivity index (χ2n) is 6.48. The maximum atomic E-state index is 12.1. The third-order valence-electron chi connectivity index (χ3n) is 4.32. The van der Waals surface area contributed by atoms with Gasteiger partial charge in [0.1, 0.15) is 0 Å². The number of hydrogen-bond acceptors (Lipinski definition) is 5. The van der Waals surface area contributed by atoms with E-state index in [0.717, 1.165) is 27.7 Å². The minimum atomic E-state index is -0.348. The van der Waals surface area contributed by atoms with Crippen molar-refractivity contribution in [1.29, 1.82) is 0 Å². The van der Waals surface area contributed by atoms with Crippen LogP contribution in [0.15, 0.2) is 79.3 Å². The van der Waals surface area contributed by atoms with Gasteiger partial charge in [-0.05, 0) is 35.4 Å². The van der Waals surface area contributed by atoms with Crippen LogP contribution in [0.2, 0.25) is 0 Å². The van der Waals surface area contributed by atoms with Gasteiger partial charge in [0.25, 0.3) is 0 Å². The summed E-state index contributed by atoms with van der Waals surface area (Å²) in [6.07, 6.45) is 5.27. The van der Waals surface area contributed by atoms with Gasteiger partial charge < -0.3 is 10.6 Å². The fraction of sp³-hybridized carbons (Fsp3) is 0.0909. The molecule has 2 amide bonds. The average molecular weight is 384 g/mol. The van der Waals surface area contributed by atoms with E-state index < -0.39 is 0 Å². The molecule has 0 bridgehead atoms. The molecule has 0 aliphatic heterocycles. The maximum Gasteiger partial charge on any atom is 0.321 e. The van der Waals surface area contributed by atoms with Gasteiger partial charge in [-0.15, -0.1) is 0 Å². The molecular formula is C22H20N6O. The Bertz CT molecular complexity index is 1100. The Morgan fingerprint density at radius 1 is 0.897 bits per heavy atom. The summed E-state index contributed by atoms with van der Waals surface area (Å²) < 4.78 is 0. The number of fused-ring (bicyclic) bond motifs is 1. The van der Waals surface area contributed by atoms with Gasteiger partial charge in [-0.3, -0.25) is 10.3 Å². The van der Waals surface area contributed by atoms with Crippen molar-refractivity contribution in [3.8, 4) is 0 Å². The Morgan fingerprint density at radius 3 is 2.59 bits per heavy atom. The Labute approximate surface area is 168 Å². The molecule has 4 aromatic rings. The second kappa shape index (κ2) is 8.79. The number of carbonyl (C=O) groups is 1. The molecule has 0 saturated heterocycles. The second-order valence-corrected chi connectivity index (χ2v) is 6.48. The third kappa shape index (κ3) is 5.04. The van der Waals surface area contributed by atoms with Crippen LogP contribution in [0.25, 0.3) is 10.9 Å². The summed E-state index contributed by atoms with van der Waals surface area (Å²) >= 11 is 0. The lowest BCUT2D eigenvalue weighted by atomic mass is 10.2. The van der Waals surface area contributed by atoms with Gasteiger partial charge in [0, 0.05) is 42.8 Å². The van der Waals surface area contributed by atoms with Crippen molar-refractivity contribution >= 4 is 28.6 Å². The summed E-state index contributed by atoms with van der Waals surface area (Å²) in [6, 6.07) is 19.1. The highest BCUT2D eigenvalue weighted by Gasteiger charge is 2.06. The van der Waals surface area contributed by atoms with Crippen molar-refractivity contribution < 1.29 is 4.79 Å². The molecule has 0 aliphatic rings. The van der Waals surface area contributed by atoms with E-state index in [0.29, 0.717) is 13.1 Å². The molecule has 3 N–H and O–H groups in total. The van der Waals surface area contributed by atoms with Crippen LogP contribution in [-0.2, 0) is 13.1 Å². The first-order valence-electron chi connectivity index (χ1n) is 9.25. The molecule has 7 heteroatoms. The molecule has 0 aliphatic carbocycles. The quantitative estimate of drug-likeness (QED) is 0.468. The number of aromatic nitrogens is 3. The van der Waals surface area contributed by atoms with Gasteiger partial charge in [-0.25, -0.2) is 14.8 Å². The van der Waals surface area contributed by atoms with E-state index in [2.05, 4.69) is 30.9 Å². The standard InChI is InChI=1S/C22H20N6O/c29-22(26-13-16-5-2-1-3-6-16)28-21-25-15-18-8-9-19(11-20(18)27-21)24-14-17-7-4-10-23-12-17/h1-12,15,24H,13-14H2,(H2,25,26,27,28,29). The van der Waals surface area contributed by atoms with Crippen molar-refractivity contribution in [2.75, 3.05) is 10.6 Å². The van der Waals surface area contributed by atoms with Crippen LogP contribution < -0.4 is 16.0 Å². The Balaban J connectivity index is 1.40. The minimum Gasteiger partial charge on any atom is -0.381 e. The number of amides is 2. The van der Waals surface area contributed by atoms with Crippen LogP contribution in [0, 0.1) is 0 Å². The number of nitrogens with one attached hydrogen (secondary N) is 3. The fourth-order valence-electron chi connectivity index (χ4n) is 2.82. The molecule has 144 valence electrons. The van der Waals surface area contributed by atoms with Gasteiger partial charge >= 0.3 is 6.03 Å². The predicted octanol–water partition coefficient (Wildman–Crippen LogP) is 3.96. The van der Waals surface area contributed by atoms with Crippen LogP contribution in [0.1, 0.15) is 11.1 Å². The number of hydrogen-bond donors (Lipinski definition) is 3. The molecule has 0 unspecified atom stereocenters. The molecule has 29 heavy (non-hydrogen) atoms. The number of urea groups is 1. The van der Waals surface area contributed by atoms with E-state index in [-0.39, 0.29) is 12.0 Å². The van der Waals surface area contributed by atoms with Gasteiger partial charge in [0.2, 0.25) is 5.95 Å². The van der Waals surface area contributed by atoms with Crippen LogP contribution in [0.3, 0.4) is 0 Å². The topological polar surface area (TPSA) is 91.8 Å². The first kappa shape index (κ1) is 18.4. The zero-order valence-electron chi connectivity index (χ0n) is 15.7. The lowest BCUT2D eigenvalue weighted by Crippen LogP contribution is -2.28. The highest BCUT2D eigenvalue weighted by molar-refractivity contribution is 5.89. The number of benzene rings is 2. The van der Waals surface area contributed by atoms with E-state index in [9.17, 15) is 4.79 Å². The van der Waals surface area contributed by atoms with Crippen molar-refractivity contribution in [3.63, 3.8) is 0 Å². The molecule has 0 spiro atoms. The average Bonchev–Trinajstić information content (AvgIpc) is 2.77. The molecule has 4 rings (SSSR count). The fourth-order valence-corrected chi connectivity index (χ4v) is 2.82. The smallest absolute Gasteiger partial charge is 0.321 e. The Morgan fingerprint density at radius 2 is 1.76 bits per heavy atom. The summed E-state index contributed by atoms with van der Waals surface area (Å²) in [5.41, 5.74) is 3.79. The zero-order chi connectivity index (χ0) is 19.9. The van der Waals surface area contributed by atoms with Crippen LogP contribution in [-0.4, -0.2) is 21.0 Å². The van der Waals surface area contributed by atoms with Gasteiger partial charge in [-0.1, -0.05) is 36.4 Å². The molecule has 7 nitrogen and oxygen atoms in total. The highest BCUT2D eigenvalue weighted by Crippen LogP contribution is 2.18. The molecular weight excluding hydrogens is 364 g/mol. The SMILES string of the molecule is O=C(NCc1ccccc1)Nc1ncc2ccc(NCc3cccnc3)cc2n1. The number of anilines is 2. The summed E-state index contributed by atoms with van der Waals surface area (Å²) in [5.74, 6) is 0.257. The number of rotatable bonds is 6. The van der Waals surface area contributed by atoms with E-state index >= 15 is 0 Å². The maximum absolute atomic E-state index is 12.1. The Hall–Kier alpha value is -4.00. The van der Waals surface area contributed by atoms with E-state index in [1.807, 2.05) is 66.9 Å². The van der Waals surface area contributed by atoms with E-state index in [4.69, 9.17) is 0 Å². The number of nitrogens with zero attached hydrogens (tertiary/aromatic N) is 3. The Kier molecular flexibility index (Phi) is 5.57. The monoisotopic (exact) mass is 384 g/mol. The summed E-state index contributed by atoms with van der Waals surface area (Å²) in [6.45, 7) is 1.10. The highest BCUT2D eigenvalue weighted by atomic mass is 16.2. The molecule has 0 fully saturated rings. The van der Waals surface area contributed by atoms with E-state index in [1.165, 1.54) is 0 Å². The van der Waals surface area contributed by atoms with Crippen LogP contribution >= 0.6 is 0 Å². The van der Waals surface area contributed by atoms with Crippen LogP contribution in [0.5, 0.6) is 0 Å². The largest absolute Gasteiger partial charge is 0.381 e. The molecule has 0 radical (unpaired) electrons. The molecule has 0 atom stereocenters. The molecule has 2 aromatic heterocycles. The van der Waals surface area contributed by atoms with Gasteiger partial charge in [0.15, 0.2) is 0 Å². The normalized spacial score (nSPS) is 10.5. The zero-order valence-corrected chi connectivity index (χ0v) is 15.7. The first-order valence-corrected chi connectivity index (χ1v) is 9.25. The molecule has 0 saturated carbocycles. The van der Waals surface area contributed by atoms with Crippen molar-refractivity contribution in [1.82, 2.24) is 20.3 Å². The number of pyridine rings is 1. The van der Waals surface area contributed by atoms with Gasteiger partial charge in [0.05, 0.1) is 5.52 Å². The number of carbonyl (C=O) groups excluding carboxylic acids is 1. The first-order chi connectivity index (χ1) is 14.3. The van der Waals surface area contributed by atoms with Crippen molar-refractivity contribution in [2.45, 2.75) is 13.1 Å².